The molecule has 6 nitrogen and oxygen atoms in total. The molecule has 0 aromatic heterocycles. The zero-order chi connectivity index (χ0) is 17.4. The van der Waals surface area contributed by atoms with E-state index in [0.29, 0.717) is 17.2 Å². The number of ether oxygens (including phenoxy) is 2. The molecule has 0 aliphatic heterocycles. The smallest absolute Gasteiger partial charge is 0.258 e. The van der Waals surface area contributed by atoms with Crippen LogP contribution >= 0.6 is 0 Å². The van der Waals surface area contributed by atoms with Gasteiger partial charge in [0, 0.05) is 11.8 Å². The molecule has 0 spiro atoms. The van der Waals surface area contributed by atoms with Crippen molar-refractivity contribution in [1.29, 1.82) is 0 Å². The first-order valence-corrected chi connectivity index (χ1v) is 7.47. The predicted octanol–water partition coefficient (Wildman–Crippen LogP) is 2.14. The van der Waals surface area contributed by atoms with Crippen LogP contribution in [0.25, 0.3) is 0 Å². The number of hydrogen-bond acceptors (Lipinski definition) is 4. The lowest BCUT2D eigenvalue weighted by Gasteiger charge is -2.09. The first-order chi connectivity index (χ1) is 11.6. The molecule has 2 aromatic rings. The van der Waals surface area contributed by atoms with E-state index >= 15 is 0 Å². The van der Waals surface area contributed by atoms with Crippen molar-refractivity contribution in [2.45, 2.75) is 6.92 Å². The van der Waals surface area contributed by atoms with E-state index in [1.54, 1.807) is 43.5 Å². The van der Waals surface area contributed by atoms with E-state index in [4.69, 9.17) is 9.47 Å². The van der Waals surface area contributed by atoms with Gasteiger partial charge < -0.3 is 20.1 Å². The van der Waals surface area contributed by atoms with Crippen LogP contribution in [0.15, 0.2) is 48.5 Å². The van der Waals surface area contributed by atoms with E-state index < -0.39 is 0 Å². The normalized spacial score (nSPS) is 9.92. The van der Waals surface area contributed by atoms with Gasteiger partial charge >= 0.3 is 0 Å². The van der Waals surface area contributed by atoms with Crippen LogP contribution in [0.5, 0.6) is 11.5 Å². The van der Waals surface area contributed by atoms with E-state index in [-0.39, 0.29) is 25.0 Å². The molecule has 126 valence electrons. The molecule has 0 radical (unpaired) electrons. The molecule has 0 unspecified atom stereocenters. The van der Waals surface area contributed by atoms with Gasteiger partial charge in [0.1, 0.15) is 11.5 Å². The third kappa shape index (κ3) is 5.64. The maximum atomic E-state index is 11.8. The summed E-state index contributed by atoms with van der Waals surface area (Å²) in [6.45, 7) is 1.69. The lowest BCUT2D eigenvalue weighted by molar-refractivity contribution is -0.125. The van der Waals surface area contributed by atoms with Gasteiger partial charge in [-0.25, -0.2) is 0 Å². The summed E-state index contributed by atoms with van der Waals surface area (Å²) in [4.78, 5) is 23.5. The maximum Gasteiger partial charge on any atom is 0.258 e. The van der Waals surface area contributed by atoms with Gasteiger partial charge in [0.05, 0.1) is 13.7 Å². The fourth-order valence-electron chi connectivity index (χ4n) is 1.92. The molecule has 0 saturated carbocycles. The Hall–Kier alpha value is -3.02. The van der Waals surface area contributed by atoms with Gasteiger partial charge in [-0.1, -0.05) is 23.8 Å². The number of carbonyl (C=O) groups is 2. The van der Waals surface area contributed by atoms with Crippen LogP contribution in [-0.2, 0) is 9.59 Å². The highest BCUT2D eigenvalue weighted by atomic mass is 16.5. The molecule has 0 fully saturated rings. The molecule has 0 saturated heterocycles. The minimum atomic E-state index is -0.364. The van der Waals surface area contributed by atoms with E-state index in [1.807, 2.05) is 19.1 Å². The Labute approximate surface area is 140 Å². The molecular formula is C18H20N2O4. The molecule has 0 atom stereocenters. The number of carbonyl (C=O) groups excluding carboxylic acids is 2. The average Bonchev–Trinajstić information content (AvgIpc) is 2.59. The van der Waals surface area contributed by atoms with Crippen LogP contribution in [0.2, 0.25) is 0 Å². The second-order valence-corrected chi connectivity index (χ2v) is 5.16. The molecule has 2 N–H and O–H groups in total. The Morgan fingerprint density at radius 1 is 1.00 bits per heavy atom. The van der Waals surface area contributed by atoms with Crippen LogP contribution in [0, 0.1) is 6.92 Å². The standard InChI is InChI=1S/C18H20N2O4/c1-13-6-8-15(9-7-13)24-12-18(22)19-11-17(21)20-14-4-3-5-16(10-14)23-2/h3-10H,11-12H2,1-2H3,(H,19,22)(H,20,21). The molecule has 0 bridgehead atoms. The van der Waals surface area contributed by atoms with Gasteiger partial charge in [-0.15, -0.1) is 0 Å². The number of amides is 2. The van der Waals surface area contributed by atoms with Gasteiger partial charge in [-0.2, -0.15) is 0 Å². The molecule has 2 amide bonds. The zero-order valence-electron chi connectivity index (χ0n) is 13.7. The number of rotatable bonds is 7. The maximum absolute atomic E-state index is 11.8. The molecule has 2 aromatic carbocycles. The largest absolute Gasteiger partial charge is 0.497 e. The highest BCUT2D eigenvalue weighted by Gasteiger charge is 2.07. The van der Waals surface area contributed by atoms with Crippen LogP contribution in [-0.4, -0.2) is 32.1 Å². The topological polar surface area (TPSA) is 76.7 Å². The lowest BCUT2D eigenvalue weighted by Crippen LogP contribution is -2.35. The lowest BCUT2D eigenvalue weighted by atomic mass is 10.2. The van der Waals surface area contributed by atoms with Gasteiger partial charge in [-0.3, -0.25) is 9.59 Å². The number of hydrogen-bond donors (Lipinski definition) is 2. The number of anilines is 1. The Kier molecular flexibility index (Phi) is 6.19. The molecule has 0 heterocycles. The quantitative estimate of drug-likeness (QED) is 0.816. The Morgan fingerprint density at radius 2 is 1.75 bits per heavy atom. The number of methoxy groups -OCH3 is 1. The molecule has 0 aliphatic rings. The van der Waals surface area contributed by atoms with Crippen molar-refractivity contribution in [3.05, 3.63) is 54.1 Å². The second kappa shape index (κ2) is 8.57. The Morgan fingerprint density at radius 3 is 2.46 bits per heavy atom. The van der Waals surface area contributed by atoms with E-state index in [1.165, 1.54) is 0 Å². The van der Waals surface area contributed by atoms with Crippen molar-refractivity contribution in [2.24, 2.45) is 0 Å². The SMILES string of the molecule is COc1cccc(NC(=O)CNC(=O)COc2ccc(C)cc2)c1. The summed E-state index contributed by atoms with van der Waals surface area (Å²) in [7, 11) is 1.55. The Bertz CT molecular complexity index is 698. The summed E-state index contributed by atoms with van der Waals surface area (Å²) < 4.78 is 10.4. The number of aryl methyl sites for hydroxylation is 1. The van der Waals surface area contributed by atoms with Crippen molar-refractivity contribution in [3.63, 3.8) is 0 Å². The van der Waals surface area contributed by atoms with E-state index in [9.17, 15) is 9.59 Å². The summed E-state index contributed by atoms with van der Waals surface area (Å²) in [5.74, 6) is 0.559. The highest BCUT2D eigenvalue weighted by Crippen LogP contribution is 2.16. The minimum absolute atomic E-state index is 0.132. The fraction of sp³-hybridized carbons (Fsp3) is 0.222. The van der Waals surface area contributed by atoms with Gasteiger partial charge in [0.25, 0.3) is 5.91 Å². The molecule has 2 rings (SSSR count). The fourth-order valence-corrected chi connectivity index (χ4v) is 1.92. The summed E-state index contributed by atoms with van der Waals surface area (Å²) >= 11 is 0. The second-order valence-electron chi connectivity index (χ2n) is 5.16. The minimum Gasteiger partial charge on any atom is -0.497 e. The first kappa shape index (κ1) is 17.3. The Balaban J connectivity index is 1.72. The molecule has 24 heavy (non-hydrogen) atoms. The summed E-state index contributed by atoms with van der Waals surface area (Å²) in [5.41, 5.74) is 1.71. The van der Waals surface area contributed by atoms with Crippen LogP contribution in [0.3, 0.4) is 0 Å². The predicted molar refractivity (Wildman–Crippen MR) is 91.3 cm³/mol. The number of nitrogens with one attached hydrogen (secondary N) is 2. The average molecular weight is 328 g/mol. The van der Waals surface area contributed by atoms with Crippen molar-refractivity contribution < 1.29 is 19.1 Å². The van der Waals surface area contributed by atoms with Crippen LogP contribution in [0.4, 0.5) is 5.69 Å². The van der Waals surface area contributed by atoms with Crippen LogP contribution in [0.1, 0.15) is 5.56 Å². The summed E-state index contributed by atoms with van der Waals surface area (Å²) in [6, 6.07) is 14.4. The summed E-state index contributed by atoms with van der Waals surface area (Å²) in [5, 5.41) is 5.18. The van der Waals surface area contributed by atoms with Crippen LogP contribution < -0.4 is 20.1 Å². The van der Waals surface area contributed by atoms with Gasteiger partial charge in [0.2, 0.25) is 5.91 Å². The molecular weight excluding hydrogens is 308 g/mol. The van der Waals surface area contributed by atoms with E-state index in [2.05, 4.69) is 10.6 Å². The van der Waals surface area contributed by atoms with E-state index in [0.717, 1.165) is 5.56 Å². The molecule has 0 aliphatic carbocycles. The van der Waals surface area contributed by atoms with Crippen molar-refractivity contribution >= 4 is 17.5 Å². The monoisotopic (exact) mass is 328 g/mol. The third-order valence-corrected chi connectivity index (χ3v) is 3.19. The van der Waals surface area contributed by atoms with Gasteiger partial charge in [0.15, 0.2) is 6.61 Å². The van der Waals surface area contributed by atoms with Crippen molar-refractivity contribution in [3.8, 4) is 11.5 Å². The summed E-state index contributed by atoms with van der Waals surface area (Å²) in [6.07, 6.45) is 0. The van der Waals surface area contributed by atoms with Gasteiger partial charge in [-0.05, 0) is 31.2 Å². The highest BCUT2D eigenvalue weighted by molar-refractivity contribution is 5.94. The van der Waals surface area contributed by atoms with Crippen molar-refractivity contribution in [2.75, 3.05) is 25.6 Å². The third-order valence-electron chi connectivity index (χ3n) is 3.19. The number of benzene rings is 2. The molecule has 6 heteroatoms. The zero-order valence-corrected chi connectivity index (χ0v) is 13.7. The van der Waals surface area contributed by atoms with Crippen molar-refractivity contribution in [1.82, 2.24) is 5.32 Å². The first-order valence-electron chi connectivity index (χ1n) is 7.47.